The SMILES string of the molecule is CCC1=C(C)C(=O)N/C1=C\c1[nH]c(C(=O)O)c(CCC(=O)O)c1C. The minimum atomic E-state index is -1.14. The van der Waals surface area contributed by atoms with E-state index in [0.717, 1.165) is 5.57 Å². The number of carboxylic acids is 2. The third-order valence-electron chi connectivity index (χ3n) is 4.23. The summed E-state index contributed by atoms with van der Waals surface area (Å²) >= 11 is 0. The molecule has 0 saturated heterocycles. The molecule has 128 valence electrons. The van der Waals surface area contributed by atoms with Gasteiger partial charge in [0, 0.05) is 23.4 Å². The van der Waals surface area contributed by atoms with Gasteiger partial charge in [-0.2, -0.15) is 0 Å². The molecule has 7 nitrogen and oxygen atoms in total. The molecule has 4 N–H and O–H groups in total. The normalized spacial score (nSPS) is 16.0. The summed E-state index contributed by atoms with van der Waals surface area (Å²) in [6.45, 7) is 5.43. The zero-order chi connectivity index (χ0) is 18.0. The Hall–Kier alpha value is -2.83. The molecule has 0 unspecified atom stereocenters. The first-order valence-corrected chi connectivity index (χ1v) is 7.65. The first kappa shape index (κ1) is 17.5. The van der Waals surface area contributed by atoms with Crippen molar-refractivity contribution in [2.24, 2.45) is 0 Å². The maximum Gasteiger partial charge on any atom is 0.352 e. The van der Waals surface area contributed by atoms with Gasteiger partial charge in [-0.1, -0.05) is 6.92 Å². The Morgan fingerprint density at radius 3 is 2.42 bits per heavy atom. The quantitative estimate of drug-likeness (QED) is 0.637. The van der Waals surface area contributed by atoms with Gasteiger partial charge in [-0.25, -0.2) is 4.79 Å². The Balaban J connectivity index is 2.47. The van der Waals surface area contributed by atoms with Crippen LogP contribution in [0.3, 0.4) is 0 Å². The number of hydrogen-bond acceptors (Lipinski definition) is 3. The lowest BCUT2D eigenvalue weighted by Crippen LogP contribution is -2.15. The molecule has 0 spiro atoms. The highest BCUT2D eigenvalue weighted by Crippen LogP contribution is 2.28. The maximum absolute atomic E-state index is 11.8. The fourth-order valence-electron chi connectivity index (χ4n) is 2.88. The molecule has 2 heterocycles. The molecule has 0 fully saturated rings. The van der Waals surface area contributed by atoms with Gasteiger partial charge >= 0.3 is 11.9 Å². The van der Waals surface area contributed by atoms with Crippen LogP contribution in [0.1, 0.15) is 54.0 Å². The van der Waals surface area contributed by atoms with Crippen LogP contribution in [0, 0.1) is 6.92 Å². The number of amides is 1. The van der Waals surface area contributed by atoms with E-state index in [1.165, 1.54) is 0 Å². The largest absolute Gasteiger partial charge is 0.481 e. The third kappa shape index (κ3) is 3.24. The van der Waals surface area contributed by atoms with Crippen molar-refractivity contribution in [2.45, 2.75) is 40.0 Å². The molecular weight excluding hydrogens is 312 g/mol. The Labute approximate surface area is 139 Å². The van der Waals surface area contributed by atoms with Crippen molar-refractivity contribution in [1.82, 2.24) is 10.3 Å². The first-order valence-electron chi connectivity index (χ1n) is 7.65. The van der Waals surface area contributed by atoms with E-state index >= 15 is 0 Å². The van der Waals surface area contributed by atoms with Crippen molar-refractivity contribution >= 4 is 23.9 Å². The summed E-state index contributed by atoms with van der Waals surface area (Å²) in [5, 5.41) is 20.9. The average molecular weight is 332 g/mol. The van der Waals surface area contributed by atoms with Crippen LogP contribution in [-0.4, -0.2) is 33.0 Å². The van der Waals surface area contributed by atoms with Crippen LogP contribution in [0.5, 0.6) is 0 Å². The number of aromatic nitrogens is 1. The highest BCUT2D eigenvalue weighted by molar-refractivity contribution is 6.01. The molecule has 0 aliphatic carbocycles. The van der Waals surface area contributed by atoms with Crippen molar-refractivity contribution < 1.29 is 24.6 Å². The molecule has 1 aliphatic heterocycles. The van der Waals surface area contributed by atoms with E-state index in [1.807, 2.05) is 6.92 Å². The fraction of sp³-hybridized carbons (Fsp3) is 0.353. The second kappa shape index (κ2) is 6.74. The number of nitrogens with one attached hydrogen (secondary N) is 2. The zero-order valence-electron chi connectivity index (χ0n) is 13.8. The average Bonchev–Trinajstić information content (AvgIpc) is 2.95. The van der Waals surface area contributed by atoms with Crippen LogP contribution >= 0.6 is 0 Å². The Morgan fingerprint density at radius 2 is 1.88 bits per heavy atom. The number of aromatic amines is 1. The van der Waals surface area contributed by atoms with E-state index in [-0.39, 0.29) is 24.4 Å². The monoisotopic (exact) mass is 332 g/mol. The highest BCUT2D eigenvalue weighted by Gasteiger charge is 2.24. The van der Waals surface area contributed by atoms with Gasteiger partial charge in [0.05, 0.1) is 0 Å². The van der Waals surface area contributed by atoms with Crippen LogP contribution in [0.25, 0.3) is 6.08 Å². The number of carbonyl (C=O) groups excluding carboxylic acids is 1. The van der Waals surface area contributed by atoms with E-state index in [0.29, 0.717) is 34.5 Å². The molecule has 1 aromatic heterocycles. The van der Waals surface area contributed by atoms with Crippen LogP contribution in [0.15, 0.2) is 16.8 Å². The zero-order valence-corrected chi connectivity index (χ0v) is 13.8. The molecule has 0 bridgehead atoms. The number of rotatable bonds is 6. The van der Waals surface area contributed by atoms with E-state index in [4.69, 9.17) is 5.11 Å². The summed E-state index contributed by atoms with van der Waals surface area (Å²) in [5.41, 5.74) is 3.88. The lowest BCUT2D eigenvalue weighted by Gasteiger charge is -2.03. The predicted octanol–water partition coefficient (Wildman–Crippen LogP) is 2.24. The van der Waals surface area contributed by atoms with Crippen LogP contribution in [0.2, 0.25) is 0 Å². The number of aromatic carboxylic acids is 1. The van der Waals surface area contributed by atoms with Crippen LogP contribution < -0.4 is 5.32 Å². The maximum atomic E-state index is 11.8. The van der Waals surface area contributed by atoms with Crippen molar-refractivity contribution in [3.8, 4) is 0 Å². The van der Waals surface area contributed by atoms with Gasteiger partial charge in [-0.15, -0.1) is 0 Å². The van der Waals surface area contributed by atoms with Gasteiger partial charge in [0.1, 0.15) is 5.69 Å². The molecular formula is C17H20N2O5. The number of allylic oxidation sites excluding steroid dienone is 1. The summed E-state index contributed by atoms with van der Waals surface area (Å²) in [5.74, 6) is -2.28. The van der Waals surface area contributed by atoms with Gasteiger partial charge in [-0.3, -0.25) is 9.59 Å². The molecule has 1 aliphatic rings. The second-order valence-electron chi connectivity index (χ2n) is 5.69. The molecule has 2 rings (SSSR count). The minimum absolute atomic E-state index is 0.0105. The van der Waals surface area contributed by atoms with Crippen molar-refractivity contribution in [2.75, 3.05) is 0 Å². The van der Waals surface area contributed by atoms with Gasteiger partial charge < -0.3 is 20.5 Å². The second-order valence-corrected chi connectivity index (χ2v) is 5.69. The molecule has 0 saturated carbocycles. The van der Waals surface area contributed by atoms with Gasteiger partial charge in [0.2, 0.25) is 0 Å². The van der Waals surface area contributed by atoms with Crippen molar-refractivity contribution in [3.05, 3.63) is 39.4 Å². The molecule has 24 heavy (non-hydrogen) atoms. The van der Waals surface area contributed by atoms with Gasteiger partial charge in [-0.05, 0) is 49.5 Å². The molecule has 0 aromatic carbocycles. The lowest BCUT2D eigenvalue weighted by atomic mass is 10.0. The molecule has 0 radical (unpaired) electrons. The summed E-state index contributed by atoms with van der Waals surface area (Å²) in [6, 6.07) is 0. The van der Waals surface area contributed by atoms with E-state index in [9.17, 15) is 19.5 Å². The standard InChI is InChI=1S/C17H20N2O5/c1-4-10-9(3)16(22)19-13(10)7-12-8(2)11(5-6-14(20)21)15(18-12)17(23)24/h7,18H,4-6H2,1-3H3,(H,19,22)(H,20,21)(H,23,24)/b13-7-. The molecule has 1 aromatic rings. The number of aliphatic carboxylic acids is 1. The summed E-state index contributed by atoms with van der Waals surface area (Å²) in [4.78, 5) is 36.8. The first-order chi connectivity index (χ1) is 11.3. The minimum Gasteiger partial charge on any atom is -0.481 e. The predicted molar refractivity (Wildman–Crippen MR) is 87.6 cm³/mol. The van der Waals surface area contributed by atoms with Crippen molar-refractivity contribution in [3.63, 3.8) is 0 Å². The highest BCUT2D eigenvalue weighted by atomic mass is 16.4. The summed E-state index contributed by atoms with van der Waals surface area (Å²) in [6.07, 6.45) is 2.36. The van der Waals surface area contributed by atoms with Gasteiger partial charge in [0.15, 0.2) is 0 Å². The van der Waals surface area contributed by atoms with Gasteiger partial charge in [0.25, 0.3) is 5.91 Å². The summed E-state index contributed by atoms with van der Waals surface area (Å²) < 4.78 is 0. The Morgan fingerprint density at radius 1 is 1.21 bits per heavy atom. The van der Waals surface area contributed by atoms with E-state index in [2.05, 4.69) is 10.3 Å². The molecule has 0 atom stereocenters. The molecule has 1 amide bonds. The number of carboxylic acid groups (broad SMARTS) is 2. The Bertz CT molecular complexity index is 783. The molecule has 7 heteroatoms. The van der Waals surface area contributed by atoms with Crippen LogP contribution in [0.4, 0.5) is 0 Å². The summed E-state index contributed by atoms with van der Waals surface area (Å²) in [7, 11) is 0. The Kier molecular flexibility index (Phi) is 4.92. The van der Waals surface area contributed by atoms with Crippen LogP contribution in [-0.2, 0) is 16.0 Å². The number of hydrogen-bond donors (Lipinski definition) is 4. The number of carbonyl (C=O) groups is 3. The fourth-order valence-corrected chi connectivity index (χ4v) is 2.88. The van der Waals surface area contributed by atoms with E-state index < -0.39 is 11.9 Å². The topological polar surface area (TPSA) is 119 Å². The van der Waals surface area contributed by atoms with Crippen molar-refractivity contribution in [1.29, 1.82) is 0 Å². The third-order valence-corrected chi connectivity index (χ3v) is 4.23. The number of H-pyrrole nitrogens is 1. The van der Waals surface area contributed by atoms with E-state index in [1.54, 1.807) is 19.9 Å². The smallest absolute Gasteiger partial charge is 0.352 e. The lowest BCUT2D eigenvalue weighted by molar-refractivity contribution is -0.137.